The molecule has 6 nitrogen and oxygen atoms in total. The number of rotatable bonds is 8. The number of nitrogens with zero attached hydrogens (tertiary/aromatic N) is 2. The fourth-order valence-corrected chi connectivity index (χ4v) is 4.66. The van der Waals surface area contributed by atoms with Gasteiger partial charge in [0.05, 0.1) is 0 Å². The van der Waals surface area contributed by atoms with Crippen molar-refractivity contribution < 1.29 is 71.6 Å². The third-order valence-electron chi connectivity index (χ3n) is 6.72. The van der Waals surface area contributed by atoms with Crippen molar-refractivity contribution in [1.82, 2.24) is 0 Å². The van der Waals surface area contributed by atoms with Crippen LogP contribution in [0.3, 0.4) is 0 Å². The maximum atomic E-state index is 14.6. The third kappa shape index (κ3) is 7.38. The molecule has 0 bridgehead atoms. The zero-order valence-electron chi connectivity index (χ0n) is 23.6. The number of halogens is 12. The first-order valence-corrected chi connectivity index (χ1v) is 13.0. The first-order chi connectivity index (χ1) is 22.7. The van der Waals surface area contributed by atoms with Crippen molar-refractivity contribution in [2.75, 3.05) is 0 Å². The minimum absolute atomic E-state index is 0.401. The van der Waals surface area contributed by atoms with Gasteiger partial charge in [-0.2, -0.15) is 52.7 Å². The maximum Gasteiger partial charge on any atom is 0.420 e. The number of alkyl halides is 12. The molecule has 0 saturated carbocycles. The lowest BCUT2D eigenvalue weighted by molar-refractivity contribution is -0.288. The van der Waals surface area contributed by atoms with Crippen molar-refractivity contribution in [3.63, 3.8) is 0 Å². The molecule has 49 heavy (non-hydrogen) atoms. The largest absolute Gasteiger partial charge is 0.457 e. The van der Waals surface area contributed by atoms with Crippen LogP contribution in [-0.4, -0.2) is 12.4 Å². The van der Waals surface area contributed by atoms with E-state index in [2.05, 4.69) is 9.47 Å². The Bertz CT molecular complexity index is 1750. The van der Waals surface area contributed by atoms with E-state index in [-0.39, 0.29) is 0 Å². The molecule has 0 amide bonds. The van der Waals surface area contributed by atoms with Crippen LogP contribution in [0, 0.1) is 23.0 Å². The molecule has 0 spiro atoms. The normalized spacial score (nSPS) is 12.4. The molecule has 0 saturated heterocycles. The summed E-state index contributed by atoms with van der Waals surface area (Å²) < 4.78 is 187. The van der Waals surface area contributed by atoms with E-state index >= 15 is 0 Å². The van der Waals surface area contributed by atoms with Crippen LogP contribution < -0.4 is 18.9 Å². The lowest BCUT2D eigenvalue weighted by Gasteiger charge is -2.38. The van der Waals surface area contributed by atoms with E-state index in [1.165, 1.54) is 0 Å². The van der Waals surface area contributed by atoms with Crippen LogP contribution in [0.2, 0.25) is 0 Å². The van der Waals surface area contributed by atoms with E-state index in [0.717, 1.165) is 36.8 Å². The summed E-state index contributed by atoms with van der Waals surface area (Å²) in [4.78, 5) is 0. The molecule has 0 aliphatic heterocycles. The van der Waals surface area contributed by atoms with Crippen LogP contribution in [0.1, 0.15) is 22.3 Å². The van der Waals surface area contributed by atoms with Gasteiger partial charge in [-0.3, -0.25) is 0 Å². The Morgan fingerprint density at radius 3 is 1.00 bits per heavy atom. The minimum Gasteiger partial charge on any atom is -0.457 e. The Hall–Kier alpha value is -5.78. The summed E-state index contributed by atoms with van der Waals surface area (Å²) >= 11 is 0. The fraction of sp³-hybridized carbons (Fsp3) is 0.161. The lowest BCUT2D eigenvalue weighted by atomic mass is 9.73. The molecule has 0 fully saturated rings. The SMILES string of the molecule is N#COc1ccc(Oc2ccc(C(c3ccc(Oc4ccc(OC#N)c(C(F)(F)F)c4)cc3)(C(F)(F)F)C(F)(F)F)cc2)cc1C(F)(F)F. The van der Waals surface area contributed by atoms with Gasteiger partial charge in [-0.25, -0.2) is 0 Å². The van der Waals surface area contributed by atoms with E-state index in [4.69, 9.17) is 20.0 Å². The summed E-state index contributed by atoms with van der Waals surface area (Å²) in [6.07, 6.45) is -20.0. The van der Waals surface area contributed by atoms with Crippen molar-refractivity contribution in [3.8, 4) is 47.0 Å². The molecular weight excluding hydrogens is 692 g/mol. The number of benzene rings is 4. The maximum absolute atomic E-state index is 14.6. The minimum atomic E-state index is -6.05. The molecule has 0 unspecified atom stereocenters. The monoisotopic (exact) mass is 706 g/mol. The second kappa shape index (κ2) is 13.0. The van der Waals surface area contributed by atoms with E-state index in [1.807, 2.05) is 0 Å². The second-order valence-corrected chi connectivity index (χ2v) is 9.70. The summed E-state index contributed by atoms with van der Waals surface area (Å²) in [7, 11) is 0. The highest BCUT2D eigenvalue weighted by molar-refractivity contribution is 5.50. The van der Waals surface area contributed by atoms with E-state index < -0.39 is 86.9 Å². The zero-order valence-corrected chi connectivity index (χ0v) is 23.6. The van der Waals surface area contributed by atoms with Crippen molar-refractivity contribution in [3.05, 3.63) is 107 Å². The van der Waals surface area contributed by atoms with Gasteiger partial charge in [0.1, 0.15) is 34.1 Å². The predicted molar refractivity (Wildman–Crippen MR) is 141 cm³/mol. The molecule has 0 aliphatic carbocycles. The van der Waals surface area contributed by atoms with E-state index in [0.29, 0.717) is 60.7 Å². The number of hydrogen-bond donors (Lipinski definition) is 0. The topological polar surface area (TPSA) is 84.5 Å². The highest BCUT2D eigenvalue weighted by atomic mass is 19.4. The molecule has 4 aromatic rings. The van der Waals surface area contributed by atoms with Crippen molar-refractivity contribution >= 4 is 0 Å². The van der Waals surface area contributed by atoms with Crippen molar-refractivity contribution in [2.45, 2.75) is 30.1 Å². The Labute approximate surface area is 266 Å². The first kappa shape index (κ1) is 36.1. The second-order valence-electron chi connectivity index (χ2n) is 9.70. The summed E-state index contributed by atoms with van der Waals surface area (Å²) in [6.45, 7) is 0. The average molecular weight is 706 g/mol. The molecule has 0 N–H and O–H groups in total. The Balaban J connectivity index is 1.70. The van der Waals surface area contributed by atoms with Crippen LogP contribution in [0.4, 0.5) is 52.7 Å². The van der Waals surface area contributed by atoms with Crippen LogP contribution in [0.25, 0.3) is 0 Å². The summed E-state index contributed by atoms with van der Waals surface area (Å²) in [5, 5.41) is 17.1. The van der Waals surface area contributed by atoms with E-state index in [9.17, 15) is 52.7 Å². The zero-order chi connectivity index (χ0) is 36.4. The van der Waals surface area contributed by atoms with Crippen LogP contribution in [-0.2, 0) is 17.8 Å². The summed E-state index contributed by atoms with van der Waals surface area (Å²) in [5.74, 6) is -3.79. The lowest BCUT2D eigenvalue weighted by Crippen LogP contribution is -2.54. The van der Waals surface area contributed by atoms with Gasteiger partial charge in [-0.1, -0.05) is 24.3 Å². The smallest absolute Gasteiger partial charge is 0.420 e. The van der Waals surface area contributed by atoms with Gasteiger partial charge in [0.25, 0.3) is 12.5 Å². The molecule has 0 heterocycles. The standard InChI is InChI=1S/C31H14F12N2O4/c32-28(33,34)23-13-21(9-11-25(23)46-15-44)48-19-5-1-17(2-6-19)27(30(38,39)40,31(41,42)43)18-3-7-20(8-4-18)49-22-10-12-26(47-16-45)24(14-22)29(35,36)37/h1-14H. The van der Waals surface area contributed by atoms with Crippen LogP contribution >= 0.6 is 0 Å². The Kier molecular flexibility index (Phi) is 9.58. The highest BCUT2D eigenvalue weighted by Crippen LogP contribution is 2.56. The van der Waals surface area contributed by atoms with Gasteiger partial charge in [-0.05, 0) is 71.8 Å². The highest BCUT2D eigenvalue weighted by Gasteiger charge is 2.72. The predicted octanol–water partition coefficient (Wildman–Crippen LogP) is 10.4. The third-order valence-corrected chi connectivity index (χ3v) is 6.72. The van der Waals surface area contributed by atoms with Gasteiger partial charge in [-0.15, -0.1) is 10.5 Å². The molecular formula is C31H14F12N2O4. The molecule has 0 radical (unpaired) electrons. The quantitative estimate of drug-likeness (QED) is 0.134. The van der Waals surface area contributed by atoms with E-state index in [1.54, 1.807) is 0 Å². The molecule has 0 aromatic heterocycles. The summed E-state index contributed by atoms with van der Waals surface area (Å²) in [6, 6.07) is 8.30. The van der Waals surface area contributed by atoms with Gasteiger partial charge < -0.3 is 18.9 Å². The molecule has 4 rings (SSSR count). The van der Waals surface area contributed by atoms with Crippen molar-refractivity contribution in [2.24, 2.45) is 0 Å². The van der Waals surface area contributed by atoms with Crippen molar-refractivity contribution in [1.29, 1.82) is 10.5 Å². The average Bonchev–Trinajstić information content (AvgIpc) is 2.98. The van der Waals surface area contributed by atoms with Crippen LogP contribution in [0.15, 0.2) is 84.9 Å². The number of ether oxygens (including phenoxy) is 4. The van der Waals surface area contributed by atoms with Crippen LogP contribution in [0.5, 0.6) is 34.5 Å². The molecule has 0 aliphatic rings. The van der Waals surface area contributed by atoms with Gasteiger partial charge in [0.2, 0.25) is 5.41 Å². The number of nitriles is 2. The molecule has 0 atom stereocenters. The molecule has 256 valence electrons. The Morgan fingerprint density at radius 1 is 0.429 bits per heavy atom. The summed E-state index contributed by atoms with van der Waals surface area (Å²) in [5.41, 5.74) is -10.3. The van der Waals surface area contributed by atoms with Gasteiger partial charge in [0.15, 0.2) is 11.5 Å². The molecule has 18 heteroatoms. The Morgan fingerprint density at radius 2 is 0.735 bits per heavy atom. The fourth-order valence-electron chi connectivity index (χ4n) is 4.66. The van der Waals surface area contributed by atoms with Gasteiger partial charge >= 0.3 is 24.7 Å². The first-order valence-electron chi connectivity index (χ1n) is 13.0. The van der Waals surface area contributed by atoms with Gasteiger partial charge in [0, 0.05) is 0 Å². The number of hydrogen-bond acceptors (Lipinski definition) is 6. The molecule has 4 aromatic carbocycles.